The second-order valence-electron chi connectivity index (χ2n) is 6.44. The number of aryl methyl sites for hydroxylation is 2. The first-order valence-electron chi connectivity index (χ1n) is 10.3. The number of carbonyl (C=O) groups excluding carboxylic acids is 1. The number of para-hydroxylation sites is 1. The number of nitrogens with zero attached hydrogens (tertiary/aromatic N) is 2. The molecule has 1 aromatic heterocycles. The summed E-state index contributed by atoms with van der Waals surface area (Å²) in [5.74, 6) is 0.355. The maximum atomic E-state index is 12.4. The molecule has 2 aromatic carbocycles. The number of amides is 1. The lowest BCUT2D eigenvalue weighted by atomic mass is 10.1. The molecule has 0 saturated heterocycles. The highest BCUT2D eigenvalue weighted by Gasteiger charge is 2.09. The van der Waals surface area contributed by atoms with Crippen LogP contribution in [0.2, 0.25) is 0 Å². The van der Waals surface area contributed by atoms with E-state index in [0.29, 0.717) is 11.5 Å². The molecule has 1 atom stereocenters. The minimum absolute atomic E-state index is 0.158. The van der Waals surface area contributed by atoms with Gasteiger partial charge in [-0.15, -0.1) is 0 Å². The third-order valence-corrected chi connectivity index (χ3v) is 4.91. The van der Waals surface area contributed by atoms with Gasteiger partial charge in [0.05, 0.1) is 0 Å². The van der Waals surface area contributed by atoms with E-state index in [-0.39, 0.29) is 5.91 Å². The Balaban J connectivity index is 0.000000605. The highest BCUT2D eigenvalue weighted by Crippen LogP contribution is 2.21. The molecular weight excluding hydrogens is 407 g/mol. The molecule has 0 saturated carbocycles. The summed E-state index contributed by atoms with van der Waals surface area (Å²) < 4.78 is 9.96. The maximum absolute atomic E-state index is 12.4. The monoisotopic (exact) mass is 439 g/mol. The van der Waals surface area contributed by atoms with Crippen LogP contribution in [0, 0.1) is 13.8 Å². The summed E-state index contributed by atoms with van der Waals surface area (Å²) >= 11 is 0. The summed E-state index contributed by atoms with van der Waals surface area (Å²) in [6.45, 7) is 11.5. The summed E-state index contributed by atoms with van der Waals surface area (Å²) in [6, 6.07) is 16.7. The first-order valence-corrected chi connectivity index (χ1v) is 12.2. The van der Waals surface area contributed by atoms with Crippen molar-refractivity contribution in [3.8, 4) is 0 Å². The number of aromatic nitrogens is 2. The lowest BCUT2D eigenvalue weighted by molar-refractivity contribution is 0.102. The van der Waals surface area contributed by atoms with Crippen molar-refractivity contribution in [2.75, 3.05) is 23.5 Å². The number of carbonyl (C=O) groups is 1. The van der Waals surface area contributed by atoms with E-state index in [9.17, 15) is 9.36 Å². The van der Waals surface area contributed by atoms with E-state index >= 15 is 0 Å². The minimum Gasteiger partial charge on any atom is -0.324 e. The van der Waals surface area contributed by atoms with E-state index < -0.39 is 7.80 Å². The standard InChI is InChI=1S/C19H18N4O.C3H8OP.C2H6/c1-13-8-9-15(18(24)22-16-6-4-3-5-7-16)12-17(13)23-19-20-11-10-14(2)21-19;1-3-5(2)4;1-2/h3-12H,1-2H3,(H,22,24)(H,20,21,23);3H2,1-2H3;1-2H3/q;+1;. The third kappa shape index (κ3) is 9.49. The largest absolute Gasteiger partial charge is 0.335 e. The van der Waals surface area contributed by atoms with Gasteiger partial charge in [0, 0.05) is 28.8 Å². The van der Waals surface area contributed by atoms with Crippen LogP contribution in [0.25, 0.3) is 0 Å². The molecule has 0 radical (unpaired) electrons. The fourth-order valence-corrected chi connectivity index (χ4v) is 2.25. The minimum atomic E-state index is -0.848. The van der Waals surface area contributed by atoms with Gasteiger partial charge in [0.1, 0.15) is 12.8 Å². The third-order valence-electron chi connectivity index (χ3n) is 4.02. The SMILES string of the molecule is CC.CC[P+](C)=O.Cc1ccnc(Nc2cc(C(=O)Nc3ccccc3)ccc2C)n1. The Morgan fingerprint density at radius 1 is 1.03 bits per heavy atom. The molecule has 31 heavy (non-hydrogen) atoms. The first-order chi connectivity index (χ1) is 14.9. The first kappa shape index (κ1) is 25.9. The van der Waals surface area contributed by atoms with Crippen LogP contribution in [-0.2, 0) is 4.57 Å². The fourth-order valence-electron chi connectivity index (χ4n) is 2.25. The summed E-state index contributed by atoms with van der Waals surface area (Å²) in [5.41, 5.74) is 4.03. The molecular formula is C24H32N4O2P+. The van der Waals surface area contributed by atoms with Gasteiger partial charge in [0.15, 0.2) is 0 Å². The highest BCUT2D eigenvalue weighted by atomic mass is 31.1. The number of benzene rings is 2. The van der Waals surface area contributed by atoms with Gasteiger partial charge in [-0.25, -0.2) is 9.97 Å². The van der Waals surface area contributed by atoms with Crippen LogP contribution < -0.4 is 10.6 Å². The van der Waals surface area contributed by atoms with Crippen molar-refractivity contribution < 1.29 is 9.36 Å². The zero-order chi connectivity index (χ0) is 23.2. The molecule has 0 fully saturated rings. The number of rotatable bonds is 5. The molecule has 1 unspecified atom stereocenters. The van der Waals surface area contributed by atoms with Gasteiger partial charge in [-0.1, -0.05) is 42.7 Å². The number of nitrogens with one attached hydrogen (secondary N) is 2. The van der Waals surface area contributed by atoms with E-state index in [1.54, 1.807) is 25.0 Å². The Hall–Kier alpha value is -3.11. The predicted molar refractivity (Wildman–Crippen MR) is 131 cm³/mol. The van der Waals surface area contributed by atoms with Gasteiger partial charge in [-0.05, 0) is 56.7 Å². The average Bonchev–Trinajstić information content (AvgIpc) is 2.78. The summed E-state index contributed by atoms with van der Waals surface area (Å²) in [6.07, 6.45) is 2.52. The Bertz CT molecular complexity index is 978. The number of hydrogen-bond acceptors (Lipinski definition) is 5. The number of hydrogen-bond donors (Lipinski definition) is 2. The average molecular weight is 440 g/mol. The molecule has 2 N–H and O–H groups in total. The van der Waals surface area contributed by atoms with Crippen molar-refractivity contribution in [1.82, 2.24) is 9.97 Å². The second kappa shape index (κ2) is 14.0. The van der Waals surface area contributed by atoms with Gasteiger partial charge in [-0.2, -0.15) is 0 Å². The molecule has 7 heteroatoms. The lowest BCUT2D eigenvalue weighted by Gasteiger charge is -2.11. The van der Waals surface area contributed by atoms with Crippen LogP contribution in [-0.4, -0.2) is 28.7 Å². The van der Waals surface area contributed by atoms with E-state index in [2.05, 4.69) is 20.6 Å². The van der Waals surface area contributed by atoms with Gasteiger partial charge in [-0.3, -0.25) is 4.79 Å². The second-order valence-corrected chi connectivity index (χ2v) is 8.33. The molecule has 0 aliphatic rings. The van der Waals surface area contributed by atoms with Crippen LogP contribution in [0.1, 0.15) is 42.4 Å². The van der Waals surface area contributed by atoms with Gasteiger partial charge in [0.25, 0.3) is 5.91 Å². The van der Waals surface area contributed by atoms with E-state index in [4.69, 9.17) is 0 Å². The van der Waals surface area contributed by atoms with Crippen LogP contribution >= 0.6 is 7.80 Å². The topological polar surface area (TPSA) is 84.0 Å². The predicted octanol–water partition coefficient (Wildman–Crippen LogP) is 6.58. The van der Waals surface area contributed by atoms with Crippen LogP contribution in [0.5, 0.6) is 0 Å². The molecule has 1 amide bonds. The Kier molecular flexibility index (Phi) is 11.7. The maximum Gasteiger partial charge on any atom is 0.335 e. The number of anilines is 3. The molecule has 3 rings (SSSR count). The zero-order valence-electron chi connectivity index (χ0n) is 19.1. The molecule has 0 spiro atoms. The Morgan fingerprint density at radius 3 is 2.26 bits per heavy atom. The lowest BCUT2D eigenvalue weighted by Crippen LogP contribution is -2.12. The molecule has 0 aliphatic heterocycles. The normalized spacial score (nSPS) is 9.94. The Morgan fingerprint density at radius 2 is 1.68 bits per heavy atom. The van der Waals surface area contributed by atoms with Crippen molar-refractivity contribution in [1.29, 1.82) is 0 Å². The van der Waals surface area contributed by atoms with Crippen molar-refractivity contribution in [3.63, 3.8) is 0 Å². The van der Waals surface area contributed by atoms with Gasteiger partial charge < -0.3 is 10.6 Å². The Labute approximate surface area is 186 Å². The summed E-state index contributed by atoms with van der Waals surface area (Å²) in [4.78, 5) is 20.9. The summed E-state index contributed by atoms with van der Waals surface area (Å²) in [5, 5.41) is 6.05. The molecule has 3 aromatic rings. The molecule has 1 heterocycles. The van der Waals surface area contributed by atoms with Gasteiger partial charge >= 0.3 is 7.80 Å². The van der Waals surface area contributed by atoms with Crippen LogP contribution in [0.4, 0.5) is 17.3 Å². The fraction of sp³-hybridized carbons (Fsp3) is 0.292. The van der Waals surface area contributed by atoms with Gasteiger partial charge in [0.2, 0.25) is 5.95 Å². The quantitative estimate of drug-likeness (QED) is 0.439. The van der Waals surface area contributed by atoms with Crippen molar-refractivity contribution in [3.05, 3.63) is 77.6 Å². The highest BCUT2D eigenvalue weighted by molar-refractivity contribution is 7.43. The van der Waals surface area contributed by atoms with Crippen molar-refractivity contribution >= 4 is 31.0 Å². The van der Waals surface area contributed by atoms with E-state index in [1.165, 1.54) is 0 Å². The van der Waals surface area contributed by atoms with Crippen LogP contribution in [0.3, 0.4) is 0 Å². The zero-order valence-corrected chi connectivity index (χ0v) is 20.0. The van der Waals surface area contributed by atoms with Crippen molar-refractivity contribution in [2.24, 2.45) is 0 Å². The molecule has 0 aliphatic carbocycles. The molecule has 164 valence electrons. The van der Waals surface area contributed by atoms with E-state index in [0.717, 1.165) is 28.8 Å². The molecule has 6 nitrogen and oxygen atoms in total. The molecule has 0 bridgehead atoms. The van der Waals surface area contributed by atoms with Crippen molar-refractivity contribution in [2.45, 2.75) is 34.6 Å². The van der Waals surface area contributed by atoms with Crippen LogP contribution in [0.15, 0.2) is 60.8 Å². The van der Waals surface area contributed by atoms with E-state index in [1.807, 2.05) is 77.1 Å². The smallest absolute Gasteiger partial charge is 0.324 e. The summed E-state index contributed by atoms with van der Waals surface area (Å²) in [7, 11) is -0.848.